The van der Waals surface area contributed by atoms with E-state index in [1.54, 1.807) is 41.2 Å². The Morgan fingerprint density at radius 2 is 2.00 bits per heavy atom. The van der Waals surface area contributed by atoms with Crippen LogP contribution in [0.5, 0.6) is 5.75 Å². The number of urea groups is 1. The van der Waals surface area contributed by atoms with Crippen LogP contribution in [0.3, 0.4) is 0 Å². The van der Waals surface area contributed by atoms with Crippen LogP contribution in [0.4, 0.5) is 10.5 Å². The van der Waals surface area contributed by atoms with Gasteiger partial charge in [-0.05, 0) is 17.7 Å². The summed E-state index contributed by atoms with van der Waals surface area (Å²) < 4.78 is 10.6. The summed E-state index contributed by atoms with van der Waals surface area (Å²) in [6.07, 6.45) is 1.31. The maximum Gasteiger partial charge on any atom is 0.348 e. The number of benzene rings is 2. The van der Waals surface area contributed by atoms with Gasteiger partial charge < -0.3 is 19.7 Å². The quantitative estimate of drug-likeness (QED) is 0.846. The minimum Gasteiger partial charge on any atom is -0.497 e. The molecule has 0 fully saturated rings. The summed E-state index contributed by atoms with van der Waals surface area (Å²) in [7, 11) is 1.56. The molecular weight excluding hydrogens is 372 g/mol. The van der Waals surface area contributed by atoms with Gasteiger partial charge >= 0.3 is 12.1 Å². The van der Waals surface area contributed by atoms with Crippen LogP contribution >= 0.6 is 0 Å². The van der Waals surface area contributed by atoms with Gasteiger partial charge in [-0.2, -0.15) is 0 Å². The second-order valence-corrected chi connectivity index (χ2v) is 6.54. The normalized spacial score (nSPS) is 15.7. The maximum absolute atomic E-state index is 12.7. The lowest BCUT2D eigenvalue weighted by Gasteiger charge is -2.21. The average molecular weight is 392 g/mol. The van der Waals surface area contributed by atoms with Gasteiger partial charge in [0.15, 0.2) is 0 Å². The van der Waals surface area contributed by atoms with Crippen molar-refractivity contribution in [2.45, 2.75) is 6.54 Å². The zero-order valence-corrected chi connectivity index (χ0v) is 15.9. The number of fused-ring (bicyclic) bond motifs is 1. The molecule has 2 aromatic rings. The highest BCUT2D eigenvalue weighted by Gasteiger charge is 2.33. The summed E-state index contributed by atoms with van der Waals surface area (Å²) in [5.74, 6) is 0.283. The molecule has 148 valence electrons. The molecular formula is C21H20N4O4. The Morgan fingerprint density at radius 1 is 1.17 bits per heavy atom. The first-order valence-corrected chi connectivity index (χ1v) is 9.15. The van der Waals surface area contributed by atoms with Crippen molar-refractivity contribution in [2.75, 3.05) is 25.5 Å². The lowest BCUT2D eigenvalue weighted by atomic mass is 10.2. The number of amidine groups is 1. The highest BCUT2D eigenvalue weighted by molar-refractivity contribution is 6.08. The first-order chi connectivity index (χ1) is 14.1. The number of rotatable bonds is 5. The Bertz CT molecular complexity index is 987. The number of nitrogens with zero attached hydrogens (tertiary/aromatic N) is 3. The molecule has 29 heavy (non-hydrogen) atoms. The molecule has 0 atom stereocenters. The van der Waals surface area contributed by atoms with Gasteiger partial charge in [-0.15, -0.1) is 4.99 Å². The molecule has 0 bridgehead atoms. The lowest BCUT2D eigenvalue weighted by molar-refractivity contribution is -0.113. The fraction of sp³-hybridized carbons (Fsp3) is 0.190. The largest absolute Gasteiger partial charge is 0.497 e. The van der Waals surface area contributed by atoms with Crippen LogP contribution in [-0.2, 0) is 16.1 Å². The van der Waals surface area contributed by atoms with Crippen LogP contribution in [-0.4, -0.2) is 48.0 Å². The molecule has 0 aromatic heterocycles. The molecule has 1 N–H and O–H groups in total. The monoisotopic (exact) mass is 392 g/mol. The molecule has 0 saturated heterocycles. The number of methoxy groups -OCH3 is 1. The molecule has 2 heterocycles. The van der Waals surface area contributed by atoms with Crippen molar-refractivity contribution in [2.24, 2.45) is 4.99 Å². The van der Waals surface area contributed by atoms with Gasteiger partial charge in [0.05, 0.1) is 7.11 Å². The summed E-state index contributed by atoms with van der Waals surface area (Å²) in [4.78, 5) is 32.5. The molecule has 0 saturated carbocycles. The van der Waals surface area contributed by atoms with Crippen LogP contribution in [0.25, 0.3) is 0 Å². The summed E-state index contributed by atoms with van der Waals surface area (Å²) in [5, 5.41) is 2.81. The van der Waals surface area contributed by atoms with E-state index in [4.69, 9.17) is 9.47 Å². The number of nitrogens with one attached hydrogen (secondary N) is 1. The summed E-state index contributed by atoms with van der Waals surface area (Å²) >= 11 is 0. The van der Waals surface area contributed by atoms with Gasteiger partial charge in [0.25, 0.3) is 5.91 Å². The van der Waals surface area contributed by atoms with E-state index in [1.165, 1.54) is 6.26 Å². The number of amides is 3. The van der Waals surface area contributed by atoms with Crippen molar-refractivity contribution in [3.63, 3.8) is 0 Å². The van der Waals surface area contributed by atoms with Gasteiger partial charge in [-0.25, -0.2) is 4.79 Å². The van der Waals surface area contributed by atoms with E-state index in [-0.39, 0.29) is 11.9 Å². The molecule has 0 unspecified atom stereocenters. The molecule has 8 heteroatoms. The van der Waals surface area contributed by atoms with Gasteiger partial charge in [0, 0.05) is 31.4 Å². The van der Waals surface area contributed by atoms with Crippen LogP contribution in [0.15, 0.2) is 71.5 Å². The predicted molar refractivity (Wildman–Crippen MR) is 107 cm³/mol. The topological polar surface area (TPSA) is 83.5 Å². The molecule has 0 aliphatic carbocycles. The van der Waals surface area contributed by atoms with Crippen LogP contribution < -0.4 is 10.1 Å². The Hall–Kier alpha value is -3.81. The smallest absolute Gasteiger partial charge is 0.348 e. The number of anilines is 1. The van der Waals surface area contributed by atoms with Crippen molar-refractivity contribution < 1.29 is 19.1 Å². The minimum atomic E-state index is -0.394. The fourth-order valence-electron chi connectivity index (χ4n) is 3.13. The minimum absolute atomic E-state index is 0.112. The molecule has 2 aromatic carbocycles. The number of hydrogen-bond acceptors (Lipinski definition) is 5. The third-order valence-electron chi connectivity index (χ3n) is 4.63. The lowest BCUT2D eigenvalue weighted by Crippen LogP contribution is -2.36. The Kier molecular flexibility index (Phi) is 5.15. The molecule has 2 aliphatic heterocycles. The fourth-order valence-corrected chi connectivity index (χ4v) is 3.13. The standard InChI is InChI=1S/C21H20N4O4/c1-28-17-9-5-8-16(12-17)22-19(26)18-14-29-21-23-20(27)24(10-11-25(18)21)13-15-6-3-2-4-7-15/h2-9,12,14H,10-11,13H2,1H3,(H,22,26). The zero-order valence-electron chi connectivity index (χ0n) is 15.9. The Morgan fingerprint density at radius 3 is 2.79 bits per heavy atom. The van der Waals surface area contributed by atoms with Crippen molar-refractivity contribution in [1.29, 1.82) is 0 Å². The predicted octanol–water partition coefficient (Wildman–Crippen LogP) is 2.80. The first kappa shape index (κ1) is 18.5. The third kappa shape index (κ3) is 4.06. The number of carbonyl (C=O) groups excluding carboxylic acids is 2. The molecule has 8 nitrogen and oxygen atoms in total. The summed E-state index contributed by atoms with van der Waals surface area (Å²) in [6, 6.07) is 16.5. The average Bonchev–Trinajstić information content (AvgIpc) is 3.07. The van der Waals surface area contributed by atoms with Crippen LogP contribution in [0.1, 0.15) is 5.56 Å². The second-order valence-electron chi connectivity index (χ2n) is 6.54. The molecule has 0 radical (unpaired) electrons. The van der Waals surface area contributed by atoms with E-state index in [0.29, 0.717) is 36.8 Å². The SMILES string of the molecule is COc1cccc(NC(=O)C2=COC3=NC(=O)N(Cc4ccccc4)CCN23)c1. The van der Waals surface area contributed by atoms with Crippen molar-refractivity contribution in [3.8, 4) is 5.75 Å². The maximum atomic E-state index is 12.7. The van der Waals surface area contributed by atoms with E-state index < -0.39 is 6.03 Å². The van der Waals surface area contributed by atoms with Crippen LogP contribution in [0.2, 0.25) is 0 Å². The van der Waals surface area contributed by atoms with Crippen LogP contribution in [0, 0.1) is 0 Å². The molecule has 2 aliphatic rings. The Labute approximate surface area is 168 Å². The van der Waals surface area contributed by atoms with Crippen molar-refractivity contribution >= 4 is 23.6 Å². The van der Waals surface area contributed by atoms with E-state index in [1.807, 2.05) is 30.3 Å². The van der Waals surface area contributed by atoms with Gasteiger partial charge in [-0.3, -0.25) is 9.69 Å². The van der Waals surface area contributed by atoms with Crippen molar-refractivity contribution in [1.82, 2.24) is 9.80 Å². The number of ether oxygens (including phenoxy) is 2. The second kappa shape index (κ2) is 8.05. The molecule has 3 amide bonds. The first-order valence-electron chi connectivity index (χ1n) is 9.15. The van der Waals surface area contributed by atoms with E-state index in [0.717, 1.165) is 5.56 Å². The van der Waals surface area contributed by atoms with Gasteiger partial charge in [0.1, 0.15) is 17.7 Å². The van der Waals surface area contributed by atoms with Gasteiger partial charge in [-0.1, -0.05) is 36.4 Å². The Balaban J connectivity index is 1.45. The third-order valence-corrected chi connectivity index (χ3v) is 4.63. The number of hydrogen-bond donors (Lipinski definition) is 1. The van der Waals surface area contributed by atoms with Gasteiger partial charge in [0.2, 0.25) is 0 Å². The molecule has 4 rings (SSSR count). The van der Waals surface area contributed by atoms with E-state index in [2.05, 4.69) is 10.3 Å². The van der Waals surface area contributed by atoms with E-state index >= 15 is 0 Å². The highest BCUT2D eigenvalue weighted by Crippen LogP contribution is 2.22. The number of carbonyl (C=O) groups is 2. The summed E-state index contributed by atoms with van der Waals surface area (Å²) in [6.45, 7) is 1.25. The summed E-state index contributed by atoms with van der Waals surface area (Å²) in [5.41, 5.74) is 1.90. The van der Waals surface area contributed by atoms with Crippen molar-refractivity contribution in [3.05, 3.63) is 72.1 Å². The number of aliphatic imine (C=N–C) groups is 1. The van der Waals surface area contributed by atoms with E-state index in [9.17, 15) is 9.59 Å². The molecule has 0 spiro atoms. The zero-order chi connectivity index (χ0) is 20.2. The highest BCUT2D eigenvalue weighted by atomic mass is 16.5.